The van der Waals surface area contributed by atoms with Gasteiger partial charge in [-0.15, -0.1) is 0 Å². The second-order valence-electron chi connectivity index (χ2n) is 5.60. The molecule has 0 aliphatic carbocycles. The van der Waals surface area contributed by atoms with Crippen molar-refractivity contribution >= 4 is 23.8 Å². The predicted molar refractivity (Wildman–Crippen MR) is 94.8 cm³/mol. The molecule has 0 saturated carbocycles. The minimum Gasteiger partial charge on any atom is -0.478 e. The highest BCUT2D eigenvalue weighted by Crippen LogP contribution is 2.08. The standard InChI is InChI=1S/C13H18N4O2.C4H4O4/c14-12(18)3-5-16-6-8-17(9-7-16)13(19)11-2-1-4-15-10-11;5-3(6)1-2-4(7)8/h1-2,4,10H,3,5-9H2,(H2,14,18);1-2H,(H,5,6)(H,7,8). The first-order valence-electron chi connectivity index (χ1n) is 8.13. The van der Waals surface area contributed by atoms with Gasteiger partial charge in [0.2, 0.25) is 5.91 Å². The van der Waals surface area contributed by atoms with Gasteiger partial charge in [-0.3, -0.25) is 19.5 Å². The number of hydrogen-bond donors (Lipinski definition) is 3. The number of carbonyl (C=O) groups is 4. The maximum Gasteiger partial charge on any atom is 0.328 e. The predicted octanol–water partition coefficient (Wildman–Crippen LogP) is -0.573. The Morgan fingerprint density at radius 2 is 1.67 bits per heavy atom. The summed E-state index contributed by atoms with van der Waals surface area (Å²) in [7, 11) is 0. The van der Waals surface area contributed by atoms with E-state index < -0.39 is 11.9 Å². The number of piperazine rings is 1. The molecule has 2 heterocycles. The van der Waals surface area contributed by atoms with E-state index in [2.05, 4.69) is 9.88 Å². The SMILES string of the molecule is NC(=O)CCN1CCN(C(=O)c2cccnc2)CC1.O=C(O)C=CC(=O)O. The fourth-order valence-electron chi connectivity index (χ4n) is 2.26. The summed E-state index contributed by atoms with van der Waals surface area (Å²) >= 11 is 0. The Morgan fingerprint density at radius 3 is 2.11 bits per heavy atom. The number of carboxylic acids is 2. The van der Waals surface area contributed by atoms with Gasteiger partial charge >= 0.3 is 11.9 Å². The summed E-state index contributed by atoms with van der Waals surface area (Å²) in [6, 6.07) is 3.53. The van der Waals surface area contributed by atoms with E-state index in [4.69, 9.17) is 15.9 Å². The van der Waals surface area contributed by atoms with Crippen molar-refractivity contribution < 1.29 is 29.4 Å². The van der Waals surface area contributed by atoms with Gasteiger partial charge in [0, 0.05) is 63.7 Å². The van der Waals surface area contributed by atoms with Crippen LogP contribution in [-0.2, 0) is 14.4 Å². The molecule has 2 rings (SSSR count). The van der Waals surface area contributed by atoms with Gasteiger partial charge in [-0.05, 0) is 12.1 Å². The lowest BCUT2D eigenvalue weighted by atomic mass is 10.2. The van der Waals surface area contributed by atoms with Crippen molar-refractivity contribution in [3.05, 3.63) is 42.2 Å². The van der Waals surface area contributed by atoms with Crippen LogP contribution in [0.25, 0.3) is 0 Å². The van der Waals surface area contributed by atoms with Gasteiger partial charge in [-0.1, -0.05) is 0 Å². The molecule has 0 bridgehead atoms. The number of aliphatic carboxylic acids is 2. The lowest BCUT2D eigenvalue weighted by molar-refractivity contribution is -0.134. The fraction of sp³-hybridized carbons (Fsp3) is 0.353. The Balaban J connectivity index is 0.000000387. The zero-order valence-corrected chi connectivity index (χ0v) is 14.7. The highest BCUT2D eigenvalue weighted by Gasteiger charge is 2.22. The molecule has 27 heavy (non-hydrogen) atoms. The molecule has 0 spiro atoms. The Morgan fingerprint density at radius 1 is 1.07 bits per heavy atom. The first-order chi connectivity index (χ1) is 12.8. The number of pyridine rings is 1. The maximum atomic E-state index is 12.2. The van der Waals surface area contributed by atoms with Gasteiger partial charge in [0.15, 0.2) is 0 Å². The van der Waals surface area contributed by atoms with E-state index in [9.17, 15) is 19.2 Å². The van der Waals surface area contributed by atoms with Crippen LogP contribution in [0.2, 0.25) is 0 Å². The molecule has 1 aliphatic heterocycles. The summed E-state index contributed by atoms with van der Waals surface area (Å²) in [4.78, 5) is 49.9. The Labute approximate surface area is 155 Å². The number of nitrogens with two attached hydrogens (primary N) is 1. The number of primary amides is 1. The van der Waals surface area contributed by atoms with Gasteiger partial charge in [-0.2, -0.15) is 0 Å². The van der Waals surface area contributed by atoms with E-state index in [-0.39, 0.29) is 11.8 Å². The molecule has 2 amide bonds. The summed E-state index contributed by atoms with van der Waals surface area (Å²) in [5.74, 6) is -2.78. The van der Waals surface area contributed by atoms with Crippen molar-refractivity contribution in [1.82, 2.24) is 14.8 Å². The molecule has 10 nitrogen and oxygen atoms in total. The van der Waals surface area contributed by atoms with Crippen LogP contribution in [-0.4, -0.2) is 81.5 Å². The topological polar surface area (TPSA) is 154 Å². The normalized spacial score (nSPS) is 14.3. The number of carboxylic acid groups (broad SMARTS) is 2. The monoisotopic (exact) mass is 378 g/mol. The third kappa shape index (κ3) is 9.12. The fourth-order valence-corrected chi connectivity index (χ4v) is 2.26. The van der Waals surface area contributed by atoms with Crippen molar-refractivity contribution in [2.75, 3.05) is 32.7 Å². The minimum atomic E-state index is -1.26. The van der Waals surface area contributed by atoms with Gasteiger partial charge in [0.05, 0.1) is 5.56 Å². The van der Waals surface area contributed by atoms with Crippen LogP contribution in [0.5, 0.6) is 0 Å². The van der Waals surface area contributed by atoms with Gasteiger partial charge in [0.25, 0.3) is 5.91 Å². The van der Waals surface area contributed by atoms with Crippen LogP contribution in [0.3, 0.4) is 0 Å². The molecule has 0 atom stereocenters. The molecule has 1 fully saturated rings. The zero-order chi connectivity index (χ0) is 20.2. The number of hydrogen-bond acceptors (Lipinski definition) is 6. The Bertz CT molecular complexity index is 668. The molecule has 10 heteroatoms. The van der Waals surface area contributed by atoms with Crippen LogP contribution in [0, 0.1) is 0 Å². The molecule has 0 radical (unpaired) electrons. The average Bonchev–Trinajstić information content (AvgIpc) is 2.66. The molecule has 146 valence electrons. The smallest absolute Gasteiger partial charge is 0.328 e. The molecule has 0 unspecified atom stereocenters. The molecular formula is C17H22N4O6. The van der Waals surface area contributed by atoms with Gasteiger partial charge in [0.1, 0.15) is 0 Å². The summed E-state index contributed by atoms with van der Waals surface area (Å²) < 4.78 is 0. The lowest BCUT2D eigenvalue weighted by Crippen LogP contribution is -2.49. The molecule has 1 aromatic rings. The highest BCUT2D eigenvalue weighted by atomic mass is 16.4. The highest BCUT2D eigenvalue weighted by molar-refractivity contribution is 5.94. The number of amides is 2. The first kappa shape index (κ1) is 21.8. The third-order valence-electron chi connectivity index (χ3n) is 3.61. The van der Waals surface area contributed by atoms with E-state index in [1.165, 1.54) is 0 Å². The van der Waals surface area contributed by atoms with Crippen molar-refractivity contribution in [1.29, 1.82) is 0 Å². The molecule has 1 aliphatic rings. The van der Waals surface area contributed by atoms with Crippen molar-refractivity contribution in [2.24, 2.45) is 5.73 Å². The van der Waals surface area contributed by atoms with Crippen LogP contribution in [0.4, 0.5) is 0 Å². The summed E-state index contributed by atoms with van der Waals surface area (Å²) in [5.41, 5.74) is 5.74. The number of aromatic nitrogens is 1. The van der Waals surface area contributed by atoms with Crippen molar-refractivity contribution in [2.45, 2.75) is 6.42 Å². The number of carbonyl (C=O) groups excluding carboxylic acids is 2. The molecule has 1 aromatic heterocycles. The summed E-state index contributed by atoms with van der Waals surface area (Å²) in [6.07, 6.45) is 4.72. The first-order valence-corrected chi connectivity index (χ1v) is 8.13. The van der Waals surface area contributed by atoms with Crippen molar-refractivity contribution in [3.8, 4) is 0 Å². The van der Waals surface area contributed by atoms with E-state index in [1.807, 2.05) is 4.90 Å². The van der Waals surface area contributed by atoms with E-state index in [0.717, 1.165) is 13.1 Å². The zero-order valence-electron chi connectivity index (χ0n) is 14.7. The van der Waals surface area contributed by atoms with Crippen molar-refractivity contribution in [3.63, 3.8) is 0 Å². The lowest BCUT2D eigenvalue weighted by Gasteiger charge is -2.34. The average molecular weight is 378 g/mol. The third-order valence-corrected chi connectivity index (χ3v) is 3.61. The summed E-state index contributed by atoms with van der Waals surface area (Å²) in [5, 5.41) is 15.6. The van der Waals surface area contributed by atoms with Gasteiger partial charge < -0.3 is 20.8 Å². The molecule has 0 aromatic carbocycles. The molecule has 4 N–H and O–H groups in total. The molecular weight excluding hydrogens is 356 g/mol. The summed E-state index contributed by atoms with van der Waals surface area (Å²) in [6.45, 7) is 3.57. The van der Waals surface area contributed by atoms with Crippen LogP contribution < -0.4 is 5.73 Å². The number of nitrogens with zero attached hydrogens (tertiary/aromatic N) is 3. The number of rotatable bonds is 6. The second-order valence-corrected chi connectivity index (χ2v) is 5.60. The Kier molecular flexibility index (Phi) is 9.16. The van der Waals surface area contributed by atoms with E-state index in [0.29, 0.717) is 43.8 Å². The van der Waals surface area contributed by atoms with Crippen LogP contribution in [0.15, 0.2) is 36.7 Å². The minimum absolute atomic E-state index is 0.0163. The van der Waals surface area contributed by atoms with Gasteiger partial charge in [-0.25, -0.2) is 9.59 Å². The Hall–Kier alpha value is -3.27. The maximum absolute atomic E-state index is 12.2. The van der Waals surface area contributed by atoms with Crippen LogP contribution >= 0.6 is 0 Å². The largest absolute Gasteiger partial charge is 0.478 e. The van der Waals surface area contributed by atoms with Crippen LogP contribution in [0.1, 0.15) is 16.8 Å². The molecule has 1 saturated heterocycles. The van der Waals surface area contributed by atoms with E-state index in [1.54, 1.807) is 24.5 Å². The quantitative estimate of drug-likeness (QED) is 0.556. The van der Waals surface area contributed by atoms with E-state index >= 15 is 0 Å². The second kappa shape index (κ2) is 11.4.